The molecule has 0 spiro atoms. The SMILES string of the molecule is CCCc1nc2c(c(=O)n1Cc1ccccc1)CCC2. The average Bonchev–Trinajstić information content (AvgIpc) is 2.93. The fourth-order valence-electron chi connectivity index (χ4n) is 2.92. The van der Waals surface area contributed by atoms with E-state index in [9.17, 15) is 4.79 Å². The lowest BCUT2D eigenvalue weighted by molar-refractivity contribution is 0.643. The lowest BCUT2D eigenvalue weighted by atomic mass is 10.2. The monoisotopic (exact) mass is 268 g/mol. The van der Waals surface area contributed by atoms with Gasteiger partial charge in [-0.25, -0.2) is 4.98 Å². The van der Waals surface area contributed by atoms with Crippen LogP contribution in [0.4, 0.5) is 0 Å². The first kappa shape index (κ1) is 13.1. The number of hydrogen-bond donors (Lipinski definition) is 0. The average molecular weight is 268 g/mol. The topological polar surface area (TPSA) is 34.9 Å². The fraction of sp³-hybridized carbons (Fsp3) is 0.412. The molecule has 0 N–H and O–H groups in total. The molecule has 0 aliphatic heterocycles. The second-order valence-corrected chi connectivity index (χ2v) is 5.43. The van der Waals surface area contributed by atoms with E-state index in [1.807, 2.05) is 22.8 Å². The lowest BCUT2D eigenvalue weighted by Crippen LogP contribution is -2.29. The van der Waals surface area contributed by atoms with Crippen molar-refractivity contribution in [3.63, 3.8) is 0 Å². The molecule has 1 aliphatic carbocycles. The van der Waals surface area contributed by atoms with Crippen LogP contribution in [0.2, 0.25) is 0 Å². The Morgan fingerprint density at radius 2 is 2.00 bits per heavy atom. The first-order valence-corrected chi connectivity index (χ1v) is 7.45. The summed E-state index contributed by atoms with van der Waals surface area (Å²) in [6.45, 7) is 2.77. The molecule has 0 radical (unpaired) electrons. The Hall–Kier alpha value is -1.90. The zero-order chi connectivity index (χ0) is 13.9. The van der Waals surface area contributed by atoms with Gasteiger partial charge in [-0.15, -0.1) is 0 Å². The number of benzene rings is 1. The minimum absolute atomic E-state index is 0.180. The summed E-state index contributed by atoms with van der Waals surface area (Å²) in [5.41, 5.74) is 3.33. The number of rotatable bonds is 4. The van der Waals surface area contributed by atoms with Crippen molar-refractivity contribution < 1.29 is 0 Å². The van der Waals surface area contributed by atoms with Crippen molar-refractivity contribution in [2.24, 2.45) is 0 Å². The highest BCUT2D eigenvalue weighted by atomic mass is 16.1. The van der Waals surface area contributed by atoms with Crippen LogP contribution in [0.15, 0.2) is 35.1 Å². The fourth-order valence-corrected chi connectivity index (χ4v) is 2.92. The van der Waals surface area contributed by atoms with Gasteiger partial charge in [-0.3, -0.25) is 9.36 Å². The van der Waals surface area contributed by atoms with Crippen molar-refractivity contribution in [2.45, 2.75) is 45.6 Å². The summed E-state index contributed by atoms with van der Waals surface area (Å²) in [7, 11) is 0. The molecular weight excluding hydrogens is 248 g/mol. The summed E-state index contributed by atoms with van der Waals surface area (Å²) in [6.07, 6.45) is 4.81. The van der Waals surface area contributed by atoms with E-state index in [0.717, 1.165) is 54.7 Å². The summed E-state index contributed by atoms with van der Waals surface area (Å²) in [6, 6.07) is 10.2. The predicted octanol–water partition coefficient (Wildman–Crippen LogP) is 2.73. The summed E-state index contributed by atoms with van der Waals surface area (Å²) in [5.74, 6) is 0.946. The van der Waals surface area contributed by atoms with Gasteiger partial charge < -0.3 is 0 Å². The minimum atomic E-state index is 0.180. The molecule has 0 saturated heterocycles. The van der Waals surface area contributed by atoms with Gasteiger partial charge in [0.2, 0.25) is 0 Å². The minimum Gasteiger partial charge on any atom is -0.292 e. The summed E-state index contributed by atoms with van der Waals surface area (Å²) >= 11 is 0. The normalized spacial score (nSPS) is 13.4. The van der Waals surface area contributed by atoms with Crippen molar-refractivity contribution >= 4 is 0 Å². The van der Waals surface area contributed by atoms with E-state index >= 15 is 0 Å². The third kappa shape index (κ3) is 2.40. The van der Waals surface area contributed by atoms with Crippen LogP contribution in [-0.2, 0) is 25.8 Å². The maximum absolute atomic E-state index is 12.7. The molecule has 1 aliphatic rings. The third-order valence-electron chi connectivity index (χ3n) is 3.92. The zero-order valence-electron chi connectivity index (χ0n) is 11.9. The van der Waals surface area contributed by atoms with Crippen LogP contribution >= 0.6 is 0 Å². The van der Waals surface area contributed by atoms with Crippen molar-refractivity contribution in [3.8, 4) is 0 Å². The van der Waals surface area contributed by atoms with Crippen molar-refractivity contribution in [3.05, 3.63) is 63.3 Å². The summed E-state index contributed by atoms with van der Waals surface area (Å²) in [4.78, 5) is 17.4. The molecule has 1 heterocycles. The first-order valence-electron chi connectivity index (χ1n) is 7.45. The van der Waals surface area contributed by atoms with E-state index in [0.29, 0.717) is 6.54 Å². The van der Waals surface area contributed by atoms with Gasteiger partial charge in [-0.2, -0.15) is 0 Å². The maximum atomic E-state index is 12.7. The van der Waals surface area contributed by atoms with Gasteiger partial charge in [0.15, 0.2) is 0 Å². The van der Waals surface area contributed by atoms with Crippen LogP contribution in [0.25, 0.3) is 0 Å². The molecule has 3 nitrogen and oxygen atoms in total. The molecule has 0 amide bonds. The van der Waals surface area contributed by atoms with Gasteiger partial charge >= 0.3 is 0 Å². The van der Waals surface area contributed by atoms with Crippen LogP contribution in [0.1, 0.15) is 42.4 Å². The second kappa shape index (κ2) is 5.61. The molecule has 3 heteroatoms. The highest BCUT2D eigenvalue weighted by Crippen LogP contribution is 2.17. The Balaban J connectivity index is 2.06. The van der Waals surface area contributed by atoms with Gasteiger partial charge in [0.05, 0.1) is 12.2 Å². The number of fused-ring (bicyclic) bond motifs is 1. The Labute approximate surface area is 119 Å². The van der Waals surface area contributed by atoms with E-state index in [1.165, 1.54) is 0 Å². The van der Waals surface area contributed by atoms with E-state index in [2.05, 4.69) is 19.1 Å². The Kier molecular flexibility index (Phi) is 3.68. The van der Waals surface area contributed by atoms with E-state index in [1.54, 1.807) is 0 Å². The molecule has 104 valence electrons. The van der Waals surface area contributed by atoms with E-state index in [4.69, 9.17) is 4.98 Å². The Bertz CT molecular complexity index is 659. The van der Waals surface area contributed by atoms with Crippen molar-refractivity contribution in [1.82, 2.24) is 9.55 Å². The van der Waals surface area contributed by atoms with Crippen molar-refractivity contribution in [2.75, 3.05) is 0 Å². The number of aryl methyl sites for hydroxylation is 2. The smallest absolute Gasteiger partial charge is 0.257 e. The van der Waals surface area contributed by atoms with Gasteiger partial charge in [-0.1, -0.05) is 37.3 Å². The standard InChI is InChI=1S/C17H20N2O/c1-2-7-16-18-15-11-6-10-14(15)17(20)19(16)12-13-8-4-3-5-9-13/h3-5,8-9H,2,6-7,10-12H2,1H3. The van der Waals surface area contributed by atoms with Gasteiger partial charge in [0.1, 0.15) is 5.82 Å². The van der Waals surface area contributed by atoms with Crippen LogP contribution in [0.3, 0.4) is 0 Å². The Morgan fingerprint density at radius 1 is 1.20 bits per heavy atom. The van der Waals surface area contributed by atoms with Crippen LogP contribution in [0, 0.1) is 0 Å². The highest BCUT2D eigenvalue weighted by molar-refractivity contribution is 5.25. The molecular formula is C17H20N2O. The molecule has 1 aromatic carbocycles. The second-order valence-electron chi connectivity index (χ2n) is 5.43. The number of nitrogens with zero attached hydrogens (tertiary/aromatic N) is 2. The summed E-state index contributed by atoms with van der Waals surface area (Å²) in [5, 5.41) is 0. The maximum Gasteiger partial charge on any atom is 0.257 e. The zero-order valence-corrected chi connectivity index (χ0v) is 11.9. The summed E-state index contributed by atoms with van der Waals surface area (Å²) < 4.78 is 1.88. The van der Waals surface area contributed by atoms with Gasteiger partial charge in [-0.05, 0) is 31.2 Å². The van der Waals surface area contributed by atoms with Crippen LogP contribution in [-0.4, -0.2) is 9.55 Å². The highest BCUT2D eigenvalue weighted by Gasteiger charge is 2.20. The third-order valence-corrected chi connectivity index (χ3v) is 3.92. The number of hydrogen-bond acceptors (Lipinski definition) is 2. The Morgan fingerprint density at radius 3 is 2.75 bits per heavy atom. The molecule has 20 heavy (non-hydrogen) atoms. The quantitative estimate of drug-likeness (QED) is 0.854. The van der Waals surface area contributed by atoms with Gasteiger partial charge in [0, 0.05) is 12.0 Å². The predicted molar refractivity (Wildman–Crippen MR) is 80.1 cm³/mol. The van der Waals surface area contributed by atoms with Crippen LogP contribution in [0.5, 0.6) is 0 Å². The molecule has 1 aromatic heterocycles. The molecule has 0 fully saturated rings. The van der Waals surface area contributed by atoms with Crippen molar-refractivity contribution in [1.29, 1.82) is 0 Å². The largest absolute Gasteiger partial charge is 0.292 e. The van der Waals surface area contributed by atoms with Gasteiger partial charge in [0.25, 0.3) is 5.56 Å². The molecule has 0 bridgehead atoms. The van der Waals surface area contributed by atoms with E-state index in [-0.39, 0.29) is 5.56 Å². The molecule has 3 rings (SSSR count). The lowest BCUT2D eigenvalue weighted by Gasteiger charge is -2.14. The van der Waals surface area contributed by atoms with Crippen LogP contribution < -0.4 is 5.56 Å². The van der Waals surface area contributed by atoms with E-state index < -0.39 is 0 Å². The molecule has 0 unspecified atom stereocenters. The first-order chi connectivity index (χ1) is 9.79. The molecule has 0 saturated carbocycles. The molecule has 2 aromatic rings. The number of aromatic nitrogens is 2. The molecule has 0 atom stereocenters.